The fourth-order valence-electron chi connectivity index (χ4n) is 6.63. The number of carbonyl (C=O) groups excluding carboxylic acids is 3. The highest BCUT2D eigenvalue weighted by Gasteiger charge is 2.31. The summed E-state index contributed by atoms with van der Waals surface area (Å²) in [6.45, 7) is 6.50. The number of rotatable bonds is 7. The molecule has 0 aromatic heterocycles. The molecule has 286 valence electrons. The zero-order valence-electron chi connectivity index (χ0n) is 31.2. The van der Waals surface area contributed by atoms with Crippen LogP contribution in [0.1, 0.15) is 50.4 Å². The molecular formula is C41H49N5O8. The maximum Gasteiger partial charge on any atom is 0.323 e. The number of aliphatic hydroxyl groups is 1. The van der Waals surface area contributed by atoms with Gasteiger partial charge >= 0.3 is 12.1 Å². The van der Waals surface area contributed by atoms with Gasteiger partial charge in [0.2, 0.25) is 6.79 Å². The van der Waals surface area contributed by atoms with Crippen molar-refractivity contribution in [3.8, 4) is 17.2 Å². The first-order valence-corrected chi connectivity index (χ1v) is 18.4. The number of hydrogen-bond donors (Lipinski definition) is 4. The van der Waals surface area contributed by atoms with Crippen LogP contribution < -0.4 is 30.2 Å². The van der Waals surface area contributed by atoms with E-state index in [2.05, 4.69) is 16.0 Å². The zero-order chi connectivity index (χ0) is 38.2. The van der Waals surface area contributed by atoms with Gasteiger partial charge in [-0.3, -0.25) is 4.79 Å². The van der Waals surface area contributed by atoms with Crippen molar-refractivity contribution < 1.29 is 38.4 Å². The smallest absolute Gasteiger partial charge is 0.323 e. The Morgan fingerprint density at radius 3 is 2.46 bits per heavy atom. The van der Waals surface area contributed by atoms with Gasteiger partial charge in [0.1, 0.15) is 5.75 Å². The van der Waals surface area contributed by atoms with Crippen LogP contribution in [0.2, 0.25) is 0 Å². The van der Waals surface area contributed by atoms with Crippen LogP contribution in [0.4, 0.5) is 26.7 Å². The second-order valence-electron chi connectivity index (χ2n) is 14.0. The maximum atomic E-state index is 14.5. The molecular weight excluding hydrogens is 690 g/mol. The average Bonchev–Trinajstić information content (AvgIpc) is 3.64. The summed E-state index contributed by atoms with van der Waals surface area (Å²) in [4.78, 5) is 44.2. The molecule has 0 saturated heterocycles. The highest BCUT2D eigenvalue weighted by molar-refractivity contribution is 6.07. The minimum absolute atomic E-state index is 0.136. The van der Waals surface area contributed by atoms with E-state index in [9.17, 15) is 19.5 Å². The lowest BCUT2D eigenvalue weighted by Crippen LogP contribution is -2.48. The number of anilines is 3. The quantitative estimate of drug-likeness (QED) is 0.156. The predicted octanol–water partition coefficient (Wildman–Crippen LogP) is 7.17. The molecule has 4 atom stereocenters. The lowest BCUT2D eigenvalue weighted by atomic mass is 10.0. The van der Waals surface area contributed by atoms with E-state index in [0.717, 1.165) is 30.0 Å². The fraction of sp³-hybridized carbons (Fsp3) is 0.390. The van der Waals surface area contributed by atoms with Crippen molar-refractivity contribution in [3.63, 3.8) is 0 Å². The summed E-state index contributed by atoms with van der Waals surface area (Å²) < 4.78 is 23.6. The lowest BCUT2D eigenvalue weighted by molar-refractivity contribution is -0.0115. The largest absolute Gasteiger partial charge is 0.490 e. The molecule has 4 aromatic rings. The van der Waals surface area contributed by atoms with Gasteiger partial charge in [0.15, 0.2) is 11.5 Å². The van der Waals surface area contributed by atoms with Gasteiger partial charge in [0, 0.05) is 55.5 Å². The molecule has 13 heteroatoms. The number of nitrogens with zero attached hydrogens (tertiary/aromatic N) is 2. The number of hydrogen-bond acceptors (Lipinski definition) is 8. The average molecular weight is 740 g/mol. The fourth-order valence-corrected chi connectivity index (χ4v) is 6.63. The summed E-state index contributed by atoms with van der Waals surface area (Å²) in [6, 6.07) is 22.4. The van der Waals surface area contributed by atoms with Crippen molar-refractivity contribution in [1.82, 2.24) is 9.80 Å². The maximum absolute atomic E-state index is 14.5. The summed E-state index contributed by atoms with van der Waals surface area (Å²) in [7, 11) is 1.70. The van der Waals surface area contributed by atoms with E-state index in [4.69, 9.17) is 18.9 Å². The molecule has 54 heavy (non-hydrogen) atoms. The van der Waals surface area contributed by atoms with Gasteiger partial charge < -0.3 is 49.8 Å². The van der Waals surface area contributed by atoms with Gasteiger partial charge in [0.05, 0.1) is 36.1 Å². The van der Waals surface area contributed by atoms with E-state index < -0.39 is 18.2 Å². The van der Waals surface area contributed by atoms with Crippen LogP contribution >= 0.6 is 0 Å². The number of aliphatic hydroxyl groups excluding tert-OH is 1. The van der Waals surface area contributed by atoms with E-state index in [1.54, 1.807) is 60.2 Å². The molecule has 0 unspecified atom stereocenters. The topological polar surface area (TPSA) is 151 Å². The van der Waals surface area contributed by atoms with E-state index in [1.165, 1.54) is 0 Å². The van der Waals surface area contributed by atoms with Crippen molar-refractivity contribution in [3.05, 3.63) is 84.4 Å². The first kappa shape index (κ1) is 38.2. The van der Waals surface area contributed by atoms with Crippen molar-refractivity contribution in [2.45, 2.75) is 58.3 Å². The lowest BCUT2D eigenvalue weighted by Gasteiger charge is -2.35. The summed E-state index contributed by atoms with van der Waals surface area (Å²) in [6.07, 6.45) is 1.69. The summed E-state index contributed by atoms with van der Waals surface area (Å²) in [5.74, 6) is 0.962. The molecule has 0 bridgehead atoms. The van der Waals surface area contributed by atoms with E-state index >= 15 is 0 Å². The highest BCUT2D eigenvalue weighted by Crippen LogP contribution is 2.34. The summed E-state index contributed by atoms with van der Waals surface area (Å²) in [5, 5.41) is 20.9. The molecule has 2 aliphatic rings. The van der Waals surface area contributed by atoms with Gasteiger partial charge in [-0.05, 0) is 74.9 Å². The molecule has 2 heterocycles. The second-order valence-corrected chi connectivity index (χ2v) is 14.0. The SMILES string of the molecule is C[C@@H]1CCCCO[C@@H](CN(C)C(=O)Nc2ccc3c(c2)OCO3)[C@H](C)CN([C@H](C)CO)C(=O)c2cc(NC(=O)Nc3cccc4ccccc34)ccc2O1. The van der Waals surface area contributed by atoms with Crippen LogP contribution in [-0.4, -0.2) is 91.3 Å². The number of likely N-dealkylation sites (N-methyl/N-ethyl adjacent to an activating group) is 1. The molecule has 0 spiro atoms. The van der Waals surface area contributed by atoms with Crippen LogP contribution in [0.3, 0.4) is 0 Å². The Kier molecular flexibility index (Phi) is 12.4. The molecule has 13 nitrogen and oxygen atoms in total. The number of amides is 5. The van der Waals surface area contributed by atoms with E-state index in [1.807, 2.05) is 56.3 Å². The summed E-state index contributed by atoms with van der Waals surface area (Å²) in [5.41, 5.74) is 1.88. The van der Waals surface area contributed by atoms with Crippen LogP contribution in [0.15, 0.2) is 78.9 Å². The third kappa shape index (κ3) is 9.33. The Hall–Kier alpha value is -5.53. The third-order valence-electron chi connectivity index (χ3n) is 9.77. The van der Waals surface area contributed by atoms with Gasteiger partial charge in [0.25, 0.3) is 5.91 Å². The van der Waals surface area contributed by atoms with Crippen molar-refractivity contribution in [2.75, 3.05) is 56.1 Å². The van der Waals surface area contributed by atoms with E-state index in [0.29, 0.717) is 40.9 Å². The number of nitrogens with one attached hydrogen (secondary N) is 3. The predicted molar refractivity (Wildman–Crippen MR) is 208 cm³/mol. The zero-order valence-corrected chi connectivity index (χ0v) is 31.2. The van der Waals surface area contributed by atoms with Gasteiger partial charge in [-0.25, -0.2) is 9.59 Å². The van der Waals surface area contributed by atoms with Crippen molar-refractivity contribution in [2.24, 2.45) is 5.92 Å². The van der Waals surface area contributed by atoms with Crippen LogP contribution in [0.25, 0.3) is 10.8 Å². The third-order valence-corrected chi connectivity index (χ3v) is 9.77. The van der Waals surface area contributed by atoms with Gasteiger partial charge in [-0.2, -0.15) is 0 Å². The number of ether oxygens (including phenoxy) is 4. The first-order valence-electron chi connectivity index (χ1n) is 18.4. The second kappa shape index (κ2) is 17.5. The Labute approximate surface area is 315 Å². The van der Waals surface area contributed by atoms with Crippen LogP contribution in [0.5, 0.6) is 17.2 Å². The molecule has 0 fully saturated rings. The molecule has 2 aliphatic heterocycles. The Balaban J connectivity index is 1.21. The molecule has 0 radical (unpaired) electrons. The molecule has 5 amide bonds. The van der Waals surface area contributed by atoms with Gasteiger partial charge in [-0.1, -0.05) is 43.3 Å². The van der Waals surface area contributed by atoms with Gasteiger partial charge in [-0.15, -0.1) is 0 Å². The molecule has 4 N–H and O–H groups in total. The minimum atomic E-state index is -0.558. The first-order chi connectivity index (χ1) is 26.1. The Morgan fingerprint density at radius 1 is 0.907 bits per heavy atom. The standard InChI is InChI=1S/C41H49N5O8/c1-26-22-46(27(2)24-47)39(48)33-20-30(42-40(49)44-34-14-9-12-29-11-5-6-13-32(29)34)15-17-35(33)54-28(3)10-7-8-19-51-38(26)23-45(4)41(50)43-31-16-18-36-37(21-31)53-25-52-36/h5-6,9,11-18,20-21,26-28,38,47H,7-8,10,19,22-25H2,1-4H3,(H,43,50)(H2,42,44,49)/t26-,27-,28-,38+/m1/s1. The Morgan fingerprint density at radius 2 is 1.65 bits per heavy atom. The number of carbonyl (C=O) groups is 3. The van der Waals surface area contributed by atoms with Crippen molar-refractivity contribution in [1.29, 1.82) is 0 Å². The normalized spacial score (nSPS) is 19.5. The number of benzene rings is 4. The molecule has 6 rings (SSSR count). The summed E-state index contributed by atoms with van der Waals surface area (Å²) >= 11 is 0. The Bertz CT molecular complexity index is 1950. The monoisotopic (exact) mass is 739 g/mol. The van der Waals surface area contributed by atoms with Crippen LogP contribution in [0, 0.1) is 5.92 Å². The van der Waals surface area contributed by atoms with Crippen molar-refractivity contribution >= 4 is 45.8 Å². The molecule has 4 aromatic carbocycles. The molecule has 0 saturated carbocycles. The van der Waals surface area contributed by atoms with E-state index in [-0.39, 0.29) is 56.0 Å². The highest BCUT2D eigenvalue weighted by atomic mass is 16.7. The molecule has 0 aliphatic carbocycles. The number of fused-ring (bicyclic) bond motifs is 3. The van der Waals surface area contributed by atoms with Crippen LogP contribution in [-0.2, 0) is 4.74 Å². The number of urea groups is 2. The minimum Gasteiger partial charge on any atom is -0.490 e.